The quantitative estimate of drug-likeness (QED) is 0.599. The number of hydrogen-bond donors (Lipinski definition) is 2. The summed E-state index contributed by atoms with van der Waals surface area (Å²) >= 11 is 6.10. The monoisotopic (exact) mass is 427 g/mol. The van der Waals surface area contributed by atoms with Crippen LogP contribution in [0.25, 0.3) is 0 Å². The summed E-state index contributed by atoms with van der Waals surface area (Å²) < 4.78 is 0. The summed E-state index contributed by atoms with van der Waals surface area (Å²) in [5, 5.41) is 6.65. The second-order valence-electron chi connectivity index (χ2n) is 7.85. The van der Waals surface area contributed by atoms with Crippen molar-refractivity contribution in [1.82, 2.24) is 10.2 Å². The summed E-state index contributed by atoms with van der Waals surface area (Å²) in [6.07, 6.45) is 3.78. The Bertz CT molecular complexity index is 871. The molecule has 2 aromatic carbocycles. The van der Waals surface area contributed by atoms with Crippen molar-refractivity contribution in [2.24, 2.45) is 5.92 Å². The molecular formula is C24H30ClN3O2. The fourth-order valence-electron chi connectivity index (χ4n) is 3.81. The normalized spacial score (nSPS) is 16.8. The number of carbonyl (C=O) groups excluding carboxylic acids is 2. The Labute approximate surface area is 183 Å². The SMILES string of the molecule is CCCCNC(=O)c1ccccc1NC(=O)C1CCCN(Cc2cccc(Cl)c2)C1. The number of halogens is 1. The van der Waals surface area contributed by atoms with Gasteiger partial charge in [0.25, 0.3) is 5.91 Å². The van der Waals surface area contributed by atoms with E-state index in [4.69, 9.17) is 11.6 Å². The maximum absolute atomic E-state index is 13.0. The van der Waals surface area contributed by atoms with E-state index in [9.17, 15) is 9.59 Å². The number of carbonyl (C=O) groups is 2. The molecule has 1 aliphatic heterocycles. The number of piperidine rings is 1. The van der Waals surface area contributed by atoms with Gasteiger partial charge in [0.1, 0.15) is 0 Å². The van der Waals surface area contributed by atoms with Crippen molar-refractivity contribution in [2.45, 2.75) is 39.2 Å². The molecule has 3 rings (SSSR count). The Hall–Kier alpha value is -2.37. The first kappa shape index (κ1) is 22.3. The smallest absolute Gasteiger partial charge is 0.253 e. The molecule has 6 heteroatoms. The number of likely N-dealkylation sites (tertiary alicyclic amines) is 1. The molecule has 1 saturated heterocycles. The van der Waals surface area contributed by atoms with Gasteiger partial charge in [0.05, 0.1) is 17.2 Å². The summed E-state index contributed by atoms with van der Waals surface area (Å²) in [5.41, 5.74) is 2.23. The maximum atomic E-state index is 13.0. The maximum Gasteiger partial charge on any atom is 0.253 e. The molecule has 1 unspecified atom stereocenters. The van der Waals surface area contributed by atoms with Crippen LogP contribution in [-0.4, -0.2) is 36.3 Å². The molecule has 0 spiro atoms. The van der Waals surface area contributed by atoms with Crippen LogP contribution < -0.4 is 10.6 Å². The number of rotatable bonds is 8. The van der Waals surface area contributed by atoms with Gasteiger partial charge in [-0.1, -0.05) is 49.2 Å². The van der Waals surface area contributed by atoms with Gasteiger partial charge in [0.15, 0.2) is 0 Å². The zero-order chi connectivity index (χ0) is 21.3. The first-order chi connectivity index (χ1) is 14.6. The van der Waals surface area contributed by atoms with Gasteiger partial charge in [-0.3, -0.25) is 14.5 Å². The lowest BCUT2D eigenvalue weighted by molar-refractivity contribution is -0.121. The third-order valence-corrected chi connectivity index (χ3v) is 5.65. The van der Waals surface area contributed by atoms with Gasteiger partial charge < -0.3 is 10.6 Å². The van der Waals surface area contributed by atoms with Gasteiger partial charge in [-0.2, -0.15) is 0 Å². The molecular weight excluding hydrogens is 398 g/mol. The fourth-order valence-corrected chi connectivity index (χ4v) is 4.02. The molecule has 0 radical (unpaired) electrons. The molecule has 0 aromatic heterocycles. The molecule has 2 N–H and O–H groups in total. The first-order valence-electron chi connectivity index (χ1n) is 10.7. The van der Waals surface area contributed by atoms with Gasteiger partial charge in [-0.05, 0) is 55.6 Å². The van der Waals surface area contributed by atoms with E-state index in [0.29, 0.717) is 24.3 Å². The average Bonchev–Trinajstić information content (AvgIpc) is 2.74. The lowest BCUT2D eigenvalue weighted by Crippen LogP contribution is -2.40. The lowest BCUT2D eigenvalue weighted by Gasteiger charge is -2.32. The van der Waals surface area contributed by atoms with Crippen molar-refractivity contribution in [2.75, 3.05) is 25.0 Å². The van der Waals surface area contributed by atoms with Gasteiger partial charge >= 0.3 is 0 Å². The van der Waals surface area contributed by atoms with Crippen LogP contribution in [0.15, 0.2) is 48.5 Å². The van der Waals surface area contributed by atoms with Crippen molar-refractivity contribution in [1.29, 1.82) is 0 Å². The van der Waals surface area contributed by atoms with E-state index in [1.807, 2.05) is 30.3 Å². The molecule has 1 fully saturated rings. The zero-order valence-electron chi connectivity index (χ0n) is 17.5. The standard InChI is InChI=1S/C24H30ClN3O2/c1-2-3-13-26-24(30)21-11-4-5-12-22(21)27-23(29)19-9-7-14-28(17-19)16-18-8-6-10-20(25)15-18/h4-6,8,10-12,15,19H,2-3,7,9,13-14,16-17H2,1H3,(H,26,30)(H,27,29). The van der Waals surface area contributed by atoms with E-state index in [0.717, 1.165) is 49.4 Å². The summed E-state index contributed by atoms with van der Waals surface area (Å²) in [5.74, 6) is -0.278. The van der Waals surface area contributed by atoms with Gasteiger partial charge in [-0.15, -0.1) is 0 Å². The van der Waals surface area contributed by atoms with Crippen LogP contribution in [-0.2, 0) is 11.3 Å². The van der Waals surface area contributed by atoms with Gasteiger partial charge in [0, 0.05) is 24.7 Å². The number of benzene rings is 2. The summed E-state index contributed by atoms with van der Waals surface area (Å²) in [4.78, 5) is 27.8. The van der Waals surface area contributed by atoms with Crippen LogP contribution in [0.4, 0.5) is 5.69 Å². The summed E-state index contributed by atoms with van der Waals surface area (Å²) in [6.45, 7) is 5.16. The Balaban J connectivity index is 1.61. The second-order valence-corrected chi connectivity index (χ2v) is 8.28. The number of anilines is 1. The Morgan fingerprint density at radius 3 is 2.80 bits per heavy atom. The number of para-hydroxylation sites is 1. The third-order valence-electron chi connectivity index (χ3n) is 5.42. The summed E-state index contributed by atoms with van der Waals surface area (Å²) in [7, 11) is 0. The van der Waals surface area contributed by atoms with Crippen molar-refractivity contribution >= 4 is 29.1 Å². The molecule has 2 aromatic rings. The molecule has 5 nitrogen and oxygen atoms in total. The topological polar surface area (TPSA) is 61.4 Å². The number of amides is 2. The molecule has 2 amide bonds. The van der Waals surface area contributed by atoms with Gasteiger partial charge in [0.2, 0.25) is 5.91 Å². The Morgan fingerprint density at radius 1 is 1.17 bits per heavy atom. The van der Waals surface area contributed by atoms with Gasteiger partial charge in [-0.25, -0.2) is 0 Å². The highest BCUT2D eigenvalue weighted by atomic mass is 35.5. The van der Waals surface area contributed by atoms with Crippen molar-refractivity contribution in [3.05, 3.63) is 64.7 Å². The van der Waals surface area contributed by atoms with Crippen molar-refractivity contribution in [3.8, 4) is 0 Å². The zero-order valence-corrected chi connectivity index (χ0v) is 18.3. The fraction of sp³-hybridized carbons (Fsp3) is 0.417. The minimum absolute atomic E-state index is 0.0281. The van der Waals surface area contributed by atoms with Crippen LogP contribution in [0.3, 0.4) is 0 Å². The average molecular weight is 428 g/mol. The van der Waals surface area contributed by atoms with E-state index in [2.05, 4.69) is 28.5 Å². The molecule has 1 atom stereocenters. The van der Waals surface area contributed by atoms with E-state index in [-0.39, 0.29) is 17.7 Å². The minimum Gasteiger partial charge on any atom is -0.352 e. The number of nitrogens with one attached hydrogen (secondary N) is 2. The molecule has 0 bridgehead atoms. The Kier molecular flexibility index (Phi) is 8.29. The summed E-state index contributed by atoms with van der Waals surface area (Å²) in [6, 6.07) is 15.0. The lowest BCUT2D eigenvalue weighted by atomic mass is 9.96. The molecule has 160 valence electrons. The van der Waals surface area contributed by atoms with Crippen LogP contribution >= 0.6 is 11.6 Å². The predicted octanol–water partition coefficient (Wildman–Crippen LogP) is 4.72. The van der Waals surface area contributed by atoms with Crippen LogP contribution in [0.5, 0.6) is 0 Å². The van der Waals surface area contributed by atoms with E-state index in [1.54, 1.807) is 12.1 Å². The molecule has 0 saturated carbocycles. The molecule has 1 aliphatic rings. The second kappa shape index (κ2) is 11.1. The highest BCUT2D eigenvalue weighted by molar-refractivity contribution is 6.30. The van der Waals surface area contributed by atoms with Crippen LogP contribution in [0, 0.1) is 5.92 Å². The third kappa shape index (κ3) is 6.31. The van der Waals surface area contributed by atoms with Crippen LogP contribution in [0.2, 0.25) is 5.02 Å². The Morgan fingerprint density at radius 2 is 2.00 bits per heavy atom. The highest BCUT2D eigenvalue weighted by Gasteiger charge is 2.26. The number of hydrogen-bond acceptors (Lipinski definition) is 3. The molecule has 30 heavy (non-hydrogen) atoms. The van der Waals surface area contributed by atoms with E-state index >= 15 is 0 Å². The predicted molar refractivity (Wildman–Crippen MR) is 122 cm³/mol. The van der Waals surface area contributed by atoms with Crippen molar-refractivity contribution in [3.63, 3.8) is 0 Å². The van der Waals surface area contributed by atoms with Crippen LogP contribution in [0.1, 0.15) is 48.5 Å². The largest absolute Gasteiger partial charge is 0.352 e. The highest BCUT2D eigenvalue weighted by Crippen LogP contribution is 2.23. The van der Waals surface area contributed by atoms with E-state index < -0.39 is 0 Å². The molecule has 0 aliphatic carbocycles. The molecule has 1 heterocycles. The first-order valence-corrected chi connectivity index (χ1v) is 11.1. The minimum atomic E-state index is -0.148. The van der Waals surface area contributed by atoms with E-state index in [1.165, 1.54) is 0 Å². The number of unbranched alkanes of at least 4 members (excludes halogenated alkanes) is 1. The number of nitrogens with zero attached hydrogens (tertiary/aromatic N) is 1. The van der Waals surface area contributed by atoms with Crippen molar-refractivity contribution < 1.29 is 9.59 Å².